The number of aliphatic imine (C=N–C) groups is 1. The Morgan fingerprint density at radius 3 is 2.37 bits per heavy atom. The van der Waals surface area contributed by atoms with Crippen LogP contribution in [0.1, 0.15) is 44.6 Å². The number of nitrogens with zero attached hydrogens (tertiary/aromatic N) is 2. The van der Waals surface area contributed by atoms with E-state index in [1.807, 2.05) is 11.8 Å². The van der Waals surface area contributed by atoms with Gasteiger partial charge < -0.3 is 15.5 Å². The van der Waals surface area contributed by atoms with E-state index in [1.54, 1.807) is 0 Å². The average molecular weight is 542 g/mol. The predicted molar refractivity (Wildman–Crippen MR) is 117 cm³/mol. The van der Waals surface area contributed by atoms with Gasteiger partial charge in [-0.05, 0) is 26.2 Å². The summed E-state index contributed by atoms with van der Waals surface area (Å²) in [4.78, 5) is 18.5. The van der Waals surface area contributed by atoms with Gasteiger partial charge in [0.1, 0.15) is 0 Å². The molecule has 1 aliphatic carbocycles. The zero-order chi connectivity index (χ0) is 21.0. The van der Waals surface area contributed by atoms with Gasteiger partial charge in [-0.25, -0.2) is 22.6 Å². The number of rotatable bonds is 5. The minimum atomic E-state index is -1.45. The Morgan fingerprint density at radius 1 is 1.13 bits per heavy atom. The summed E-state index contributed by atoms with van der Waals surface area (Å²) in [7, 11) is 0. The molecule has 2 fully saturated rings. The van der Waals surface area contributed by atoms with Crippen LogP contribution in [-0.4, -0.2) is 42.4 Å². The van der Waals surface area contributed by atoms with Crippen LogP contribution in [0, 0.1) is 29.2 Å². The number of benzene rings is 1. The molecule has 0 spiro atoms. The molecule has 1 saturated carbocycles. The molecule has 0 radical (unpaired) electrons. The summed E-state index contributed by atoms with van der Waals surface area (Å²) in [6, 6.07) is 0.118. The number of carbonyl (C=O) groups excluding carboxylic acids is 1. The molecule has 1 saturated heterocycles. The number of hydrogen-bond acceptors (Lipinski definition) is 2. The largest absolute Gasteiger partial charge is 0.357 e. The van der Waals surface area contributed by atoms with E-state index in [-0.39, 0.29) is 53.9 Å². The zero-order valence-corrected chi connectivity index (χ0v) is 19.1. The number of guanidine groups is 1. The lowest BCUT2D eigenvalue weighted by Crippen LogP contribution is -2.45. The Balaban J connectivity index is 0.00000320. The summed E-state index contributed by atoms with van der Waals surface area (Å²) in [5.74, 6) is -5.23. The SMILES string of the molecule is CCNC(=NCc1c(F)c(F)cc(F)c1F)NC1CCN(C(=O)C2CCCC2)C1.I. The van der Waals surface area contributed by atoms with Gasteiger partial charge in [0.2, 0.25) is 5.91 Å². The van der Waals surface area contributed by atoms with Crippen molar-refractivity contribution in [1.82, 2.24) is 15.5 Å². The van der Waals surface area contributed by atoms with Gasteiger partial charge in [0.25, 0.3) is 0 Å². The number of carbonyl (C=O) groups is 1. The highest BCUT2D eigenvalue weighted by molar-refractivity contribution is 14.0. The highest BCUT2D eigenvalue weighted by Crippen LogP contribution is 2.28. The molecule has 0 bridgehead atoms. The van der Waals surface area contributed by atoms with Crippen molar-refractivity contribution >= 4 is 35.8 Å². The average Bonchev–Trinajstić information content (AvgIpc) is 3.38. The van der Waals surface area contributed by atoms with Crippen LogP contribution in [0.5, 0.6) is 0 Å². The lowest BCUT2D eigenvalue weighted by Gasteiger charge is -2.21. The molecule has 1 aromatic carbocycles. The third kappa shape index (κ3) is 5.76. The second-order valence-electron chi connectivity index (χ2n) is 7.54. The lowest BCUT2D eigenvalue weighted by molar-refractivity contribution is -0.134. The van der Waals surface area contributed by atoms with Gasteiger partial charge in [0.15, 0.2) is 29.2 Å². The maximum atomic E-state index is 13.8. The molecule has 3 rings (SSSR count). The van der Waals surface area contributed by atoms with Crippen molar-refractivity contribution in [3.8, 4) is 0 Å². The fourth-order valence-corrected chi connectivity index (χ4v) is 3.94. The van der Waals surface area contributed by atoms with Crippen LogP contribution in [0.15, 0.2) is 11.1 Å². The minimum Gasteiger partial charge on any atom is -0.357 e. The fourth-order valence-electron chi connectivity index (χ4n) is 3.94. The quantitative estimate of drug-likeness (QED) is 0.196. The number of hydrogen-bond donors (Lipinski definition) is 2. The summed E-state index contributed by atoms with van der Waals surface area (Å²) >= 11 is 0. The topological polar surface area (TPSA) is 56.7 Å². The summed E-state index contributed by atoms with van der Waals surface area (Å²) in [6.07, 6.45) is 4.80. The van der Waals surface area contributed by atoms with Crippen molar-refractivity contribution in [3.63, 3.8) is 0 Å². The van der Waals surface area contributed by atoms with E-state index in [1.165, 1.54) is 0 Å². The Morgan fingerprint density at radius 2 is 1.77 bits per heavy atom. The monoisotopic (exact) mass is 542 g/mol. The summed E-state index contributed by atoms with van der Waals surface area (Å²) in [5.41, 5.74) is -0.760. The van der Waals surface area contributed by atoms with Gasteiger partial charge in [0.05, 0.1) is 12.1 Å². The van der Waals surface area contributed by atoms with Crippen LogP contribution < -0.4 is 10.6 Å². The van der Waals surface area contributed by atoms with Crippen molar-refractivity contribution < 1.29 is 22.4 Å². The van der Waals surface area contributed by atoms with E-state index in [2.05, 4.69) is 15.6 Å². The van der Waals surface area contributed by atoms with Crippen LogP contribution in [-0.2, 0) is 11.3 Å². The van der Waals surface area contributed by atoms with Crippen molar-refractivity contribution in [3.05, 3.63) is 34.9 Å². The molecule has 1 aromatic rings. The number of likely N-dealkylation sites (tertiary alicyclic amines) is 1. The van der Waals surface area contributed by atoms with Gasteiger partial charge in [-0.2, -0.15) is 0 Å². The van der Waals surface area contributed by atoms with E-state index in [9.17, 15) is 22.4 Å². The number of halogens is 5. The summed E-state index contributed by atoms with van der Waals surface area (Å²) in [5, 5.41) is 6.09. The van der Waals surface area contributed by atoms with Crippen LogP contribution in [0.25, 0.3) is 0 Å². The van der Waals surface area contributed by atoms with Crippen molar-refractivity contribution in [1.29, 1.82) is 0 Å². The summed E-state index contributed by atoms with van der Waals surface area (Å²) < 4.78 is 54.4. The first-order valence-electron chi connectivity index (χ1n) is 10.1. The van der Waals surface area contributed by atoms with Gasteiger partial charge in [-0.15, -0.1) is 24.0 Å². The van der Waals surface area contributed by atoms with Gasteiger partial charge in [-0.3, -0.25) is 4.79 Å². The minimum absolute atomic E-state index is 0. The van der Waals surface area contributed by atoms with E-state index in [0.29, 0.717) is 19.6 Å². The van der Waals surface area contributed by atoms with E-state index < -0.39 is 35.4 Å². The normalized spacial score (nSPS) is 19.7. The first-order valence-corrected chi connectivity index (χ1v) is 10.1. The van der Waals surface area contributed by atoms with Crippen molar-refractivity contribution in [2.24, 2.45) is 10.9 Å². The smallest absolute Gasteiger partial charge is 0.225 e. The molecule has 1 atom stereocenters. The molecule has 2 aliphatic rings. The standard InChI is InChI=1S/C20H26F4N4O.HI/c1-2-25-20(26-10-14-17(23)15(21)9-16(22)18(14)24)27-13-7-8-28(11-13)19(29)12-5-3-4-6-12;/h9,12-13H,2-8,10-11H2,1H3,(H2,25,26,27);1H. The van der Waals surface area contributed by atoms with E-state index >= 15 is 0 Å². The van der Waals surface area contributed by atoms with Gasteiger partial charge >= 0.3 is 0 Å². The third-order valence-corrected chi connectivity index (χ3v) is 5.49. The molecule has 30 heavy (non-hydrogen) atoms. The highest BCUT2D eigenvalue weighted by atomic mass is 127. The molecule has 5 nitrogen and oxygen atoms in total. The molecule has 10 heteroatoms. The second-order valence-corrected chi connectivity index (χ2v) is 7.54. The number of amides is 1. The number of nitrogens with one attached hydrogen (secondary N) is 2. The molecule has 1 heterocycles. The van der Waals surface area contributed by atoms with Crippen LogP contribution in [0.3, 0.4) is 0 Å². The Bertz CT molecular complexity index is 760. The van der Waals surface area contributed by atoms with Crippen LogP contribution in [0.2, 0.25) is 0 Å². The van der Waals surface area contributed by atoms with Crippen LogP contribution in [0.4, 0.5) is 17.6 Å². The maximum absolute atomic E-state index is 13.8. The van der Waals surface area contributed by atoms with Crippen molar-refractivity contribution in [2.75, 3.05) is 19.6 Å². The van der Waals surface area contributed by atoms with Crippen LogP contribution >= 0.6 is 24.0 Å². The first kappa shape index (κ1) is 24.7. The molecular formula is C20H27F4IN4O. The lowest BCUT2D eigenvalue weighted by atomic mass is 10.1. The zero-order valence-electron chi connectivity index (χ0n) is 16.8. The molecule has 0 aromatic heterocycles. The Hall–Kier alpha value is -1.59. The fraction of sp³-hybridized carbons (Fsp3) is 0.600. The van der Waals surface area contributed by atoms with E-state index in [4.69, 9.17) is 0 Å². The molecule has 1 amide bonds. The van der Waals surface area contributed by atoms with E-state index in [0.717, 1.165) is 32.1 Å². The molecule has 1 aliphatic heterocycles. The first-order chi connectivity index (χ1) is 13.9. The highest BCUT2D eigenvalue weighted by Gasteiger charge is 2.32. The Kier molecular flexibility index (Phi) is 9.17. The maximum Gasteiger partial charge on any atom is 0.225 e. The molecule has 1 unspecified atom stereocenters. The molecule has 168 valence electrons. The Labute approximate surface area is 190 Å². The third-order valence-electron chi connectivity index (χ3n) is 5.49. The van der Waals surface area contributed by atoms with Gasteiger partial charge in [-0.1, -0.05) is 12.8 Å². The van der Waals surface area contributed by atoms with Crippen molar-refractivity contribution in [2.45, 2.75) is 51.6 Å². The predicted octanol–water partition coefficient (Wildman–Crippen LogP) is 3.71. The molecule has 2 N–H and O–H groups in total. The summed E-state index contributed by atoms with van der Waals surface area (Å²) in [6.45, 7) is 2.93. The van der Waals surface area contributed by atoms with Gasteiger partial charge in [0, 0.05) is 37.7 Å². The second kappa shape index (κ2) is 11.1. The molecular weight excluding hydrogens is 515 g/mol.